The molecule has 3 heteroatoms. The lowest BCUT2D eigenvalue weighted by molar-refractivity contribution is 0.318. The monoisotopic (exact) mass is 207 g/mol. The second kappa shape index (κ2) is 3.96. The third kappa shape index (κ3) is 1.87. The third-order valence-electron chi connectivity index (χ3n) is 1.94. The van der Waals surface area contributed by atoms with Crippen LogP contribution in [0.15, 0.2) is 18.2 Å². The Labute approximate surface area is 87.5 Å². The molecule has 0 aliphatic carbocycles. The van der Waals surface area contributed by atoms with Gasteiger partial charge in [-0.2, -0.15) is 0 Å². The molecule has 74 valence electrons. The standard InChI is InChI=1S/C11H13NOS/c1-3-6-13-9-4-5-10-11(7-9)14-8(2)12-10/h4-5,7H,3,6H2,1-2H3. The summed E-state index contributed by atoms with van der Waals surface area (Å²) in [5.74, 6) is 0.947. The van der Waals surface area contributed by atoms with E-state index >= 15 is 0 Å². The van der Waals surface area contributed by atoms with E-state index in [2.05, 4.69) is 18.0 Å². The molecule has 1 aromatic heterocycles. The predicted molar refractivity (Wildman–Crippen MR) is 60.1 cm³/mol. The van der Waals surface area contributed by atoms with Gasteiger partial charge in [-0.05, 0) is 31.5 Å². The predicted octanol–water partition coefficient (Wildman–Crippen LogP) is 3.39. The van der Waals surface area contributed by atoms with Crippen LogP contribution in [0.2, 0.25) is 0 Å². The highest BCUT2D eigenvalue weighted by atomic mass is 32.1. The minimum atomic E-state index is 0.781. The van der Waals surface area contributed by atoms with E-state index in [4.69, 9.17) is 4.74 Å². The molecule has 0 saturated carbocycles. The smallest absolute Gasteiger partial charge is 0.120 e. The summed E-state index contributed by atoms with van der Waals surface area (Å²) in [6.07, 6.45) is 1.04. The second-order valence-corrected chi connectivity index (χ2v) is 4.45. The van der Waals surface area contributed by atoms with E-state index in [-0.39, 0.29) is 0 Å². The fourth-order valence-electron chi connectivity index (χ4n) is 1.33. The first-order chi connectivity index (χ1) is 6.79. The number of nitrogens with zero attached hydrogens (tertiary/aromatic N) is 1. The van der Waals surface area contributed by atoms with Gasteiger partial charge < -0.3 is 4.74 Å². The molecule has 0 atom stereocenters. The van der Waals surface area contributed by atoms with E-state index < -0.39 is 0 Å². The van der Waals surface area contributed by atoms with Gasteiger partial charge in [0.25, 0.3) is 0 Å². The summed E-state index contributed by atoms with van der Waals surface area (Å²) in [6, 6.07) is 6.07. The van der Waals surface area contributed by atoms with Crippen LogP contribution in [0.4, 0.5) is 0 Å². The molecule has 0 amide bonds. The van der Waals surface area contributed by atoms with Gasteiger partial charge >= 0.3 is 0 Å². The molecule has 0 aliphatic rings. The van der Waals surface area contributed by atoms with Crippen molar-refractivity contribution in [3.05, 3.63) is 23.2 Å². The Morgan fingerprint density at radius 2 is 2.29 bits per heavy atom. The van der Waals surface area contributed by atoms with Crippen LogP contribution in [0.25, 0.3) is 10.2 Å². The van der Waals surface area contributed by atoms with Gasteiger partial charge in [0.1, 0.15) is 5.75 Å². The Kier molecular flexibility index (Phi) is 2.68. The van der Waals surface area contributed by atoms with Crippen LogP contribution in [0.3, 0.4) is 0 Å². The van der Waals surface area contributed by atoms with E-state index in [9.17, 15) is 0 Å². The number of aromatic nitrogens is 1. The maximum absolute atomic E-state index is 5.55. The molecule has 2 aromatic rings. The second-order valence-electron chi connectivity index (χ2n) is 3.21. The van der Waals surface area contributed by atoms with E-state index in [1.54, 1.807) is 11.3 Å². The van der Waals surface area contributed by atoms with Crippen molar-refractivity contribution < 1.29 is 4.74 Å². The van der Waals surface area contributed by atoms with E-state index in [1.165, 1.54) is 4.70 Å². The molecule has 0 unspecified atom stereocenters. The zero-order chi connectivity index (χ0) is 9.97. The van der Waals surface area contributed by atoms with Gasteiger partial charge in [0.15, 0.2) is 0 Å². The molecule has 14 heavy (non-hydrogen) atoms. The van der Waals surface area contributed by atoms with Crippen molar-refractivity contribution in [1.29, 1.82) is 0 Å². The zero-order valence-corrected chi connectivity index (χ0v) is 9.23. The first-order valence-corrected chi connectivity index (χ1v) is 5.61. The maximum atomic E-state index is 5.55. The van der Waals surface area contributed by atoms with Gasteiger partial charge in [0.05, 0.1) is 21.8 Å². The van der Waals surface area contributed by atoms with Gasteiger partial charge in [-0.15, -0.1) is 11.3 Å². The fraction of sp³-hybridized carbons (Fsp3) is 0.364. The number of hydrogen-bond donors (Lipinski definition) is 0. The molecule has 1 aromatic carbocycles. The van der Waals surface area contributed by atoms with Crippen LogP contribution < -0.4 is 4.74 Å². The molecule has 0 aliphatic heterocycles. The summed E-state index contributed by atoms with van der Waals surface area (Å²) in [4.78, 5) is 4.40. The molecular weight excluding hydrogens is 194 g/mol. The normalized spacial score (nSPS) is 10.7. The Hall–Kier alpha value is -1.09. The topological polar surface area (TPSA) is 22.1 Å². The van der Waals surface area contributed by atoms with Crippen LogP contribution in [0.1, 0.15) is 18.4 Å². The number of rotatable bonds is 3. The molecule has 0 N–H and O–H groups in total. The van der Waals surface area contributed by atoms with Crippen molar-refractivity contribution >= 4 is 21.6 Å². The highest BCUT2D eigenvalue weighted by Gasteiger charge is 2.01. The quantitative estimate of drug-likeness (QED) is 0.769. The third-order valence-corrected chi connectivity index (χ3v) is 2.87. The van der Waals surface area contributed by atoms with Crippen molar-refractivity contribution in [3.63, 3.8) is 0 Å². The van der Waals surface area contributed by atoms with Crippen LogP contribution >= 0.6 is 11.3 Å². The highest BCUT2D eigenvalue weighted by molar-refractivity contribution is 7.18. The molecule has 2 rings (SSSR count). The van der Waals surface area contributed by atoms with Crippen molar-refractivity contribution in [2.75, 3.05) is 6.61 Å². The Bertz CT molecular complexity index is 436. The summed E-state index contributed by atoms with van der Waals surface area (Å²) in [5.41, 5.74) is 1.07. The van der Waals surface area contributed by atoms with Crippen molar-refractivity contribution in [3.8, 4) is 5.75 Å². The minimum absolute atomic E-state index is 0.781. The molecular formula is C11H13NOS. The van der Waals surface area contributed by atoms with Gasteiger partial charge in [-0.25, -0.2) is 4.98 Å². The summed E-state index contributed by atoms with van der Waals surface area (Å²) in [6.45, 7) is 4.91. The molecule has 0 spiro atoms. The number of aryl methyl sites for hydroxylation is 1. The summed E-state index contributed by atoms with van der Waals surface area (Å²) >= 11 is 1.71. The Morgan fingerprint density at radius 3 is 3.07 bits per heavy atom. The molecule has 1 heterocycles. The number of ether oxygens (including phenoxy) is 1. The average Bonchev–Trinajstić information content (AvgIpc) is 2.54. The number of benzene rings is 1. The van der Waals surface area contributed by atoms with E-state index in [0.29, 0.717) is 0 Å². The maximum Gasteiger partial charge on any atom is 0.120 e. The van der Waals surface area contributed by atoms with Crippen LogP contribution in [0, 0.1) is 6.92 Å². The van der Waals surface area contributed by atoms with E-state index in [1.807, 2.05) is 19.1 Å². The van der Waals surface area contributed by atoms with Gasteiger partial charge in [0.2, 0.25) is 0 Å². The molecule has 2 nitrogen and oxygen atoms in total. The SMILES string of the molecule is CCCOc1ccc2nc(C)sc2c1. The summed E-state index contributed by atoms with van der Waals surface area (Å²) < 4.78 is 6.76. The Balaban J connectivity index is 2.31. The molecule has 0 radical (unpaired) electrons. The lowest BCUT2D eigenvalue weighted by Crippen LogP contribution is -1.93. The van der Waals surface area contributed by atoms with Crippen molar-refractivity contribution in [2.45, 2.75) is 20.3 Å². The summed E-state index contributed by atoms with van der Waals surface area (Å²) in [5, 5.41) is 1.10. The van der Waals surface area contributed by atoms with Gasteiger partial charge in [-0.3, -0.25) is 0 Å². The average molecular weight is 207 g/mol. The largest absolute Gasteiger partial charge is 0.494 e. The Morgan fingerprint density at radius 1 is 1.43 bits per heavy atom. The molecule has 0 bridgehead atoms. The van der Waals surface area contributed by atoms with Crippen LogP contribution in [-0.4, -0.2) is 11.6 Å². The minimum Gasteiger partial charge on any atom is -0.494 e. The first-order valence-electron chi connectivity index (χ1n) is 4.79. The van der Waals surface area contributed by atoms with Gasteiger partial charge in [-0.1, -0.05) is 6.92 Å². The summed E-state index contributed by atoms with van der Waals surface area (Å²) in [7, 11) is 0. The highest BCUT2D eigenvalue weighted by Crippen LogP contribution is 2.25. The number of hydrogen-bond acceptors (Lipinski definition) is 3. The molecule has 0 saturated heterocycles. The van der Waals surface area contributed by atoms with Crippen LogP contribution in [0.5, 0.6) is 5.75 Å². The van der Waals surface area contributed by atoms with E-state index in [0.717, 1.165) is 29.3 Å². The number of fused-ring (bicyclic) bond motifs is 1. The lowest BCUT2D eigenvalue weighted by Gasteiger charge is -2.02. The first kappa shape index (κ1) is 9.46. The van der Waals surface area contributed by atoms with Crippen LogP contribution in [-0.2, 0) is 0 Å². The fourth-order valence-corrected chi connectivity index (χ4v) is 2.19. The van der Waals surface area contributed by atoms with Gasteiger partial charge in [0, 0.05) is 0 Å². The number of thiazole rings is 1. The zero-order valence-electron chi connectivity index (χ0n) is 8.41. The molecule has 0 fully saturated rings. The lowest BCUT2D eigenvalue weighted by atomic mass is 10.3. The van der Waals surface area contributed by atoms with Crippen molar-refractivity contribution in [1.82, 2.24) is 4.98 Å². The van der Waals surface area contributed by atoms with Crippen molar-refractivity contribution in [2.24, 2.45) is 0 Å².